The number of carbonyl (C=O) groups excluding carboxylic acids is 1. The minimum atomic E-state index is 0.265. The van der Waals surface area contributed by atoms with Gasteiger partial charge in [0, 0.05) is 12.3 Å². The van der Waals surface area contributed by atoms with Gasteiger partial charge >= 0.3 is 0 Å². The van der Waals surface area contributed by atoms with E-state index in [0.717, 1.165) is 25.7 Å². The molecule has 0 saturated heterocycles. The fourth-order valence-electron chi connectivity index (χ4n) is 2.00. The second kappa shape index (κ2) is 6.80. The number of carbonyl (C=O) groups is 1. The molecule has 0 amide bonds. The molecule has 0 heterocycles. The molecule has 1 fully saturated rings. The Kier molecular flexibility index (Phi) is 5.58. The predicted octanol–water partition coefficient (Wildman–Crippen LogP) is 3.88. The summed E-state index contributed by atoms with van der Waals surface area (Å²) in [7, 11) is 0. The molecule has 1 saturated carbocycles. The zero-order chi connectivity index (χ0) is 10.2. The van der Waals surface area contributed by atoms with Crippen LogP contribution in [0.1, 0.15) is 58.3 Å². The van der Waals surface area contributed by atoms with Gasteiger partial charge in [0.1, 0.15) is 5.78 Å². The Morgan fingerprint density at radius 3 is 2.86 bits per heavy atom. The van der Waals surface area contributed by atoms with Crippen molar-refractivity contribution in [1.82, 2.24) is 0 Å². The summed E-state index contributed by atoms with van der Waals surface area (Å²) in [6, 6.07) is 0. The van der Waals surface area contributed by atoms with Crippen molar-refractivity contribution in [2.24, 2.45) is 5.92 Å². The summed E-state index contributed by atoms with van der Waals surface area (Å²) < 4.78 is 0. The Hall–Kier alpha value is -0.590. The highest BCUT2D eigenvalue weighted by molar-refractivity contribution is 5.84. The van der Waals surface area contributed by atoms with E-state index in [1.807, 2.05) is 0 Å². The average molecular weight is 194 g/mol. The van der Waals surface area contributed by atoms with Crippen molar-refractivity contribution in [3.8, 4) is 0 Å². The highest BCUT2D eigenvalue weighted by Crippen LogP contribution is 2.22. The number of rotatable bonds is 6. The fourth-order valence-corrected chi connectivity index (χ4v) is 2.00. The Labute approximate surface area is 87.6 Å². The number of hydrogen-bond donors (Lipinski definition) is 0. The van der Waals surface area contributed by atoms with Crippen LogP contribution in [0.5, 0.6) is 0 Å². The van der Waals surface area contributed by atoms with Crippen molar-refractivity contribution in [1.29, 1.82) is 0 Å². The van der Waals surface area contributed by atoms with Crippen LogP contribution in [0, 0.1) is 5.92 Å². The highest BCUT2D eigenvalue weighted by atomic mass is 16.1. The molecule has 0 aromatic rings. The summed E-state index contributed by atoms with van der Waals surface area (Å²) in [5.74, 6) is 0.719. The standard InChI is InChI=1S/C13H22O/c1-2-3-4-5-6-7-9-12-10-8-11-13(12)14/h7,9,12H,2-6,8,10-11H2,1H3/b9-7+. The van der Waals surface area contributed by atoms with Crippen LogP contribution in [0.25, 0.3) is 0 Å². The predicted molar refractivity (Wildman–Crippen MR) is 60.2 cm³/mol. The maximum absolute atomic E-state index is 11.3. The smallest absolute Gasteiger partial charge is 0.139 e. The van der Waals surface area contributed by atoms with E-state index in [4.69, 9.17) is 0 Å². The van der Waals surface area contributed by atoms with Crippen LogP contribution in [0.3, 0.4) is 0 Å². The molecule has 0 aromatic carbocycles. The molecule has 1 unspecified atom stereocenters. The monoisotopic (exact) mass is 194 g/mol. The average Bonchev–Trinajstić information content (AvgIpc) is 2.58. The molecule has 1 nitrogen and oxygen atoms in total. The van der Waals surface area contributed by atoms with Crippen molar-refractivity contribution in [3.63, 3.8) is 0 Å². The van der Waals surface area contributed by atoms with Crippen LogP contribution in [0.2, 0.25) is 0 Å². The van der Waals surface area contributed by atoms with E-state index in [0.29, 0.717) is 5.78 Å². The van der Waals surface area contributed by atoms with Crippen molar-refractivity contribution < 1.29 is 4.79 Å². The SMILES string of the molecule is CCCCCC/C=C/C1CCCC1=O. The zero-order valence-electron chi connectivity index (χ0n) is 9.30. The molecule has 0 aliphatic heterocycles. The lowest BCUT2D eigenvalue weighted by molar-refractivity contribution is -0.119. The van der Waals surface area contributed by atoms with Gasteiger partial charge in [0.25, 0.3) is 0 Å². The molecule has 1 heteroatoms. The van der Waals surface area contributed by atoms with E-state index in [1.165, 1.54) is 25.7 Å². The van der Waals surface area contributed by atoms with Gasteiger partial charge in [-0.05, 0) is 25.7 Å². The Balaban J connectivity index is 2.05. The van der Waals surface area contributed by atoms with E-state index in [2.05, 4.69) is 19.1 Å². The summed E-state index contributed by atoms with van der Waals surface area (Å²) >= 11 is 0. The van der Waals surface area contributed by atoms with Crippen molar-refractivity contribution in [3.05, 3.63) is 12.2 Å². The molecule has 14 heavy (non-hydrogen) atoms. The molecule has 1 atom stereocenters. The number of ketones is 1. The number of Topliss-reactive ketones (excluding diaryl/α,β-unsaturated/α-hetero) is 1. The van der Waals surface area contributed by atoms with Gasteiger partial charge in [-0.2, -0.15) is 0 Å². The highest BCUT2D eigenvalue weighted by Gasteiger charge is 2.20. The van der Waals surface area contributed by atoms with Gasteiger partial charge in [0.15, 0.2) is 0 Å². The van der Waals surface area contributed by atoms with Crippen LogP contribution < -0.4 is 0 Å². The second-order valence-electron chi connectivity index (χ2n) is 4.24. The first-order valence-electron chi connectivity index (χ1n) is 6.04. The van der Waals surface area contributed by atoms with E-state index in [9.17, 15) is 4.79 Å². The summed E-state index contributed by atoms with van der Waals surface area (Å²) in [4.78, 5) is 11.3. The Morgan fingerprint density at radius 1 is 1.36 bits per heavy atom. The van der Waals surface area contributed by atoms with Gasteiger partial charge < -0.3 is 0 Å². The van der Waals surface area contributed by atoms with Crippen molar-refractivity contribution >= 4 is 5.78 Å². The van der Waals surface area contributed by atoms with Crippen LogP contribution in [-0.4, -0.2) is 5.78 Å². The first kappa shape index (κ1) is 11.5. The first-order chi connectivity index (χ1) is 6.84. The zero-order valence-corrected chi connectivity index (χ0v) is 9.30. The van der Waals surface area contributed by atoms with Gasteiger partial charge in [-0.15, -0.1) is 0 Å². The third-order valence-corrected chi connectivity index (χ3v) is 2.94. The number of allylic oxidation sites excluding steroid dienone is 2. The van der Waals surface area contributed by atoms with Gasteiger partial charge in [0.05, 0.1) is 0 Å². The maximum Gasteiger partial charge on any atom is 0.139 e. The molecule has 0 bridgehead atoms. The lowest BCUT2D eigenvalue weighted by Gasteiger charge is -1.99. The lowest BCUT2D eigenvalue weighted by Crippen LogP contribution is -2.01. The summed E-state index contributed by atoms with van der Waals surface area (Å²) in [6.45, 7) is 2.23. The Morgan fingerprint density at radius 2 is 2.21 bits per heavy atom. The van der Waals surface area contributed by atoms with Gasteiger partial charge in [-0.25, -0.2) is 0 Å². The summed E-state index contributed by atoms with van der Waals surface area (Å²) in [6.07, 6.45) is 13.8. The molecule has 0 spiro atoms. The second-order valence-corrected chi connectivity index (χ2v) is 4.24. The fraction of sp³-hybridized carbons (Fsp3) is 0.769. The quantitative estimate of drug-likeness (QED) is 0.463. The first-order valence-corrected chi connectivity index (χ1v) is 6.04. The normalized spacial score (nSPS) is 22.4. The van der Waals surface area contributed by atoms with E-state index >= 15 is 0 Å². The third-order valence-electron chi connectivity index (χ3n) is 2.94. The molecule has 80 valence electrons. The topological polar surface area (TPSA) is 17.1 Å². The molecule has 0 N–H and O–H groups in total. The largest absolute Gasteiger partial charge is 0.299 e. The Bertz CT molecular complexity index is 193. The molecule has 1 aliphatic carbocycles. The van der Waals surface area contributed by atoms with Crippen LogP contribution in [0.4, 0.5) is 0 Å². The minimum absolute atomic E-state index is 0.265. The van der Waals surface area contributed by atoms with Crippen molar-refractivity contribution in [2.75, 3.05) is 0 Å². The van der Waals surface area contributed by atoms with E-state index in [1.54, 1.807) is 0 Å². The van der Waals surface area contributed by atoms with Crippen LogP contribution >= 0.6 is 0 Å². The number of hydrogen-bond acceptors (Lipinski definition) is 1. The molecule has 0 radical (unpaired) electrons. The maximum atomic E-state index is 11.3. The molecule has 1 rings (SSSR count). The van der Waals surface area contributed by atoms with Gasteiger partial charge in [-0.1, -0.05) is 38.3 Å². The third kappa shape index (κ3) is 4.08. The summed E-state index contributed by atoms with van der Waals surface area (Å²) in [5.41, 5.74) is 0. The summed E-state index contributed by atoms with van der Waals surface area (Å²) in [5, 5.41) is 0. The lowest BCUT2D eigenvalue weighted by atomic mass is 10.1. The minimum Gasteiger partial charge on any atom is -0.299 e. The molecular weight excluding hydrogens is 172 g/mol. The van der Waals surface area contributed by atoms with Crippen LogP contribution in [-0.2, 0) is 4.79 Å². The van der Waals surface area contributed by atoms with E-state index in [-0.39, 0.29) is 5.92 Å². The van der Waals surface area contributed by atoms with Gasteiger partial charge in [-0.3, -0.25) is 4.79 Å². The van der Waals surface area contributed by atoms with Crippen LogP contribution in [0.15, 0.2) is 12.2 Å². The number of unbranched alkanes of at least 4 members (excludes halogenated alkanes) is 4. The van der Waals surface area contributed by atoms with Crippen molar-refractivity contribution in [2.45, 2.75) is 58.3 Å². The molecular formula is C13H22O. The molecule has 0 aromatic heterocycles. The molecule has 1 aliphatic rings. The van der Waals surface area contributed by atoms with Gasteiger partial charge in [0.2, 0.25) is 0 Å². The van der Waals surface area contributed by atoms with E-state index < -0.39 is 0 Å².